The summed E-state index contributed by atoms with van der Waals surface area (Å²) in [5, 5.41) is 9.71. The van der Waals surface area contributed by atoms with Crippen molar-refractivity contribution in [1.82, 2.24) is 4.98 Å². The highest BCUT2D eigenvalue weighted by molar-refractivity contribution is 5.99. The lowest BCUT2D eigenvalue weighted by Gasteiger charge is -2.06. The number of primary amides is 1. The van der Waals surface area contributed by atoms with Crippen molar-refractivity contribution in [2.24, 2.45) is 5.73 Å². The lowest BCUT2D eigenvalue weighted by molar-refractivity contribution is 0.0999. The van der Waals surface area contributed by atoms with Crippen LogP contribution >= 0.6 is 0 Å². The maximum Gasteiger partial charge on any atom is 0.250 e. The number of hydrogen-bond acceptors (Lipinski definition) is 3. The summed E-state index contributed by atoms with van der Waals surface area (Å²) in [5.41, 5.74) is 7.48. The molecule has 1 aromatic heterocycles. The lowest BCUT2D eigenvalue weighted by atomic mass is 10.0. The van der Waals surface area contributed by atoms with Crippen molar-refractivity contribution < 1.29 is 4.79 Å². The fraction of sp³-hybridized carbons (Fsp3) is 0.0833. The Labute approximate surface area is 92.3 Å². The molecular weight excluding hydrogens is 202 g/mol. The highest BCUT2D eigenvalue weighted by atomic mass is 16.1. The normalized spacial score (nSPS) is 10.0. The van der Waals surface area contributed by atoms with Crippen molar-refractivity contribution in [1.29, 1.82) is 5.26 Å². The van der Waals surface area contributed by atoms with E-state index in [1.807, 2.05) is 6.07 Å². The molecule has 0 atom stereocenters. The third kappa shape index (κ3) is 1.39. The number of para-hydroxylation sites is 1. The molecule has 1 heterocycles. The molecule has 0 spiro atoms. The standard InChI is InChI=1S/C12H9N3O/c1-7-9-4-2-3-8(5-13)11(9)15-6-10(7)12(14)16/h2-4,6H,1H3,(H2,14,16). The number of carbonyl (C=O) groups is 1. The first-order chi connectivity index (χ1) is 7.65. The first-order valence-corrected chi connectivity index (χ1v) is 4.73. The van der Waals surface area contributed by atoms with Crippen molar-refractivity contribution >= 4 is 16.8 Å². The molecule has 0 aliphatic rings. The molecule has 0 unspecified atom stereocenters. The van der Waals surface area contributed by atoms with Crippen molar-refractivity contribution in [2.45, 2.75) is 6.92 Å². The average molecular weight is 211 g/mol. The van der Waals surface area contributed by atoms with E-state index in [4.69, 9.17) is 11.0 Å². The summed E-state index contributed by atoms with van der Waals surface area (Å²) in [5.74, 6) is -0.505. The molecule has 1 amide bonds. The minimum Gasteiger partial charge on any atom is -0.366 e. The molecule has 0 bridgehead atoms. The predicted molar refractivity (Wildman–Crippen MR) is 59.7 cm³/mol. The quantitative estimate of drug-likeness (QED) is 0.776. The van der Waals surface area contributed by atoms with Crippen LogP contribution in [0.15, 0.2) is 24.4 Å². The van der Waals surface area contributed by atoms with Gasteiger partial charge >= 0.3 is 0 Å². The van der Waals surface area contributed by atoms with Crippen LogP contribution in [0.2, 0.25) is 0 Å². The molecule has 2 N–H and O–H groups in total. The molecule has 0 saturated carbocycles. The van der Waals surface area contributed by atoms with Gasteiger partial charge in [0.15, 0.2) is 0 Å². The third-order valence-corrected chi connectivity index (χ3v) is 2.55. The van der Waals surface area contributed by atoms with E-state index in [1.54, 1.807) is 19.1 Å². The van der Waals surface area contributed by atoms with Crippen LogP contribution in [0.25, 0.3) is 10.9 Å². The Morgan fingerprint density at radius 2 is 2.25 bits per heavy atom. The number of amides is 1. The lowest BCUT2D eigenvalue weighted by Crippen LogP contribution is -2.13. The number of fused-ring (bicyclic) bond motifs is 1. The van der Waals surface area contributed by atoms with Crippen LogP contribution in [0.3, 0.4) is 0 Å². The number of nitrogens with two attached hydrogens (primary N) is 1. The van der Waals surface area contributed by atoms with E-state index in [1.165, 1.54) is 6.20 Å². The minimum absolute atomic E-state index is 0.391. The van der Waals surface area contributed by atoms with Crippen molar-refractivity contribution in [2.75, 3.05) is 0 Å². The van der Waals surface area contributed by atoms with E-state index in [0.717, 1.165) is 10.9 Å². The highest BCUT2D eigenvalue weighted by Crippen LogP contribution is 2.21. The van der Waals surface area contributed by atoms with Gasteiger partial charge < -0.3 is 5.73 Å². The number of aromatic nitrogens is 1. The minimum atomic E-state index is -0.505. The van der Waals surface area contributed by atoms with E-state index in [0.29, 0.717) is 16.6 Å². The SMILES string of the molecule is Cc1c(C(N)=O)cnc2c(C#N)cccc12. The Kier molecular flexibility index (Phi) is 2.29. The molecule has 0 saturated heterocycles. The highest BCUT2D eigenvalue weighted by Gasteiger charge is 2.10. The van der Waals surface area contributed by atoms with Gasteiger partial charge in [0, 0.05) is 11.6 Å². The van der Waals surface area contributed by atoms with Crippen LogP contribution in [0.5, 0.6) is 0 Å². The maximum absolute atomic E-state index is 11.1. The molecule has 16 heavy (non-hydrogen) atoms. The summed E-state index contributed by atoms with van der Waals surface area (Å²) in [6, 6.07) is 7.35. The van der Waals surface area contributed by atoms with E-state index in [2.05, 4.69) is 11.1 Å². The predicted octanol–water partition coefficient (Wildman–Crippen LogP) is 1.51. The first-order valence-electron chi connectivity index (χ1n) is 4.73. The van der Waals surface area contributed by atoms with Gasteiger partial charge in [0.05, 0.1) is 16.6 Å². The Bertz CT molecular complexity index is 626. The van der Waals surface area contributed by atoms with E-state index >= 15 is 0 Å². The second-order valence-electron chi connectivity index (χ2n) is 3.47. The number of nitriles is 1. The summed E-state index contributed by atoms with van der Waals surface area (Å²) >= 11 is 0. The van der Waals surface area contributed by atoms with Crippen LogP contribution < -0.4 is 5.73 Å². The number of carbonyl (C=O) groups excluding carboxylic acids is 1. The van der Waals surface area contributed by atoms with Gasteiger partial charge in [0.1, 0.15) is 6.07 Å². The fourth-order valence-corrected chi connectivity index (χ4v) is 1.69. The van der Waals surface area contributed by atoms with Crippen LogP contribution in [0.4, 0.5) is 0 Å². The number of aryl methyl sites for hydroxylation is 1. The van der Waals surface area contributed by atoms with Gasteiger partial charge in [0.2, 0.25) is 0 Å². The van der Waals surface area contributed by atoms with Gasteiger partial charge in [-0.3, -0.25) is 9.78 Å². The van der Waals surface area contributed by atoms with Gasteiger partial charge in [-0.25, -0.2) is 0 Å². The van der Waals surface area contributed by atoms with E-state index < -0.39 is 5.91 Å². The van der Waals surface area contributed by atoms with Gasteiger partial charge in [-0.1, -0.05) is 12.1 Å². The van der Waals surface area contributed by atoms with Gasteiger partial charge in [-0.15, -0.1) is 0 Å². The van der Waals surface area contributed by atoms with Gasteiger partial charge in [-0.05, 0) is 18.6 Å². The van der Waals surface area contributed by atoms with Crippen molar-refractivity contribution in [3.63, 3.8) is 0 Å². The molecule has 78 valence electrons. The van der Waals surface area contributed by atoms with Crippen molar-refractivity contribution in [3.05, 3.63) is 41.1 Å². The summed E-state index contributed by atoms with van der Waals surface area (Å²) in [4.78, 5) is 15.2. The maximum atomic E-state index is 11.1. The second kappa shape index (κ2) is 3.63. The van der Waals surface area contributed by atoms with Gasteiger partial charge in [0.25, 0.3) is 5.91 Å². The van der Waals surface area contributed by atoms with Crippen molar-refractivity contribution in [3.8, 4) is 6.07 Å². The third-order valence-electron chi connectivity index (χ3n) is 2.55. The molecule has 4 heteroatoms. The Morgan fingerprint density at radius 3 is 2.88 bits per heavy atom. The molecule has 0 aliphatic heterocycles. The summed E-state index contributed by atoms with van der Waals surface area (Å²) in [7, 11) is 0. The summed E-state index contributed by atoms with van der Waals surface area (Å²) < 4.78 is 0. The summed E-state index contributed by atoms with van der Waals surface area (Å²) in [6.07, 6.45) is 1.42. The molecular formula is C12H9N3O. The average Bonchev–Trinajstić information content (AvgIpc) is 2.28. The van der Waals surface area contributed by atoms with Crippen LogP contribution in [0.1, 0.15) is 21.5 Å². The Morgan fingerprint density at radius 1 is 1.50 bits per heavy atom. The topological polar surface area (TPSA) is 79.8 Å². The molecule has 0 radical (unpaired) electrons. The molecule has 1 aromatic carbocycles. The van der Waals surface area contributed by atoms with E-state index in [9.17, 15) is 4.79 Å². The number of hydrogen-bond donors (Lipinski definition) is 1. The Hall–Kier alpha value is -2.41. The molecule has 0 fully saturated rings. The fourth-order valence-electron chi connectivity index (χ4n) is 1.69. The molecule has 4 nitrogen and oxygen atoms in total. The van der Waals surface area contributed by atoms with E-state index in [-0.39, 0.29) is 0 Å². The number of rotatable bonds is 1. The number of nitrogens with zero attached hydrogens (tertiary/aromatic N) is 2. The van der Waals surface area contributed by atoms with Gasteiger partial charge in [-0.2, -0.15) is 5.26 Å². The molecule has 2 rings (SSSR count). The molecule has 0 aliphatic carbocycles. The molecule has 2 aromatic rings. The zero-order valence-corrected chi connectivity index (χ0v) is 8.69. The number of pyridine rings is 1. The second-order valence-corrected chi connectivity index (χ2v) is 3.47. The zero-order valence-electron chi connectivity index (χ0n) is 8.69. The summed E-state index contributed by atoms with van der Waals surface area (Å²) in [6.45, 7) is 1.80. The van der Waals surface area contributed by atoms with Crippen LogP contribution in [-0.2, 0) is 0 Å². The smallest absolute Gasteiger partial charge is 0.250 e. The number of benzene rings is 1. The largest absolute Gasteiger partial charge is 0.366 e. The first kappa shape index (κ1) is 10.1. The van der Waals surface area contributed by atoms with Crippen LogP contribution in [0, 0.1) is 18.3 Å². The monoisotopic (exact) mass is 211 g/mol. The van der Waals surface area contributed by atoms with Crippen LogP contribution in [-0.4, -0.2) is 10.9 Å². The Balaban J connectivity index is 2.88. The zero-order chi connectivity index (χ0) is 11.7.